The van der Waals surface area contributed by atoms with E-state index in [-0.39, 0.29) is 25.2 Å². The predicted octanol–water partition coefficient (Wildman–Crippen LogP) is 22.5. The molecule has 0 aliphatic carbocycles. The van der Waals surface area contributed by atoms with Crippen molar-refractivity contribution in [3.63, 3.8) is 0 Å². The normalized spacial score (nSPS) is 12.3. The Labute approximate surface area is 450 Å². The summed E-state index contributed by atoms with van der Waals surface area (Å²) in [6.07, 6.45) is 79.0. The SMILES string of the molecule is CCCCC/C=C\C/C=C\C/C=C\CCCCCCCCCOCC(COC(=O)CCCCCCCCCCCCCCCCCCCCC)OC(=O)CCCCCCCCCCCCCCCCCCC. The maximum atomic E-state index is 12.9. The Balaban J connectivity index is 4.24. The summed E-state index contributed by atoms with van der Waals surface area (Å²) < 4.78 is 17.6. The smallest absolute Gasteiger partial charge is 0.306 e. The van der Waals surface area contributed by atoms with Crippen LogP contribution >= 0.6 is 0 Å². The average molecular weight is 1010 g/mol. The first kappa shape index (κ1) is 70.1. The van der Waals surface area contributed by atoms with E-state index in [1.807, 2.05) is 0 Å². The van der Waals surface area contributed by atoms with Crippen LogP contribution in [-0.4, -0.2) is 37.9 Å². The van der Waals surface area contributed by atoms with E-state index in [4.69, 9.17) is 14.2 Å². The standard InChI is InChI=1S/C67H126O5/c1-4-7-10-13-16-19-22-25-28-31-33-35-38-41-44-47-50-53-56-59-62-70-63-65(72-67(69)61-58-55-52-49-46-43-40-36-30-27-24-21-18-15-12-9-6-3)64-71-66(68)60-57-54-51-48-45-42-39-37-34-32-29-26-23-20-17-14-11-8-5-2/h16,19,25,28,33,35,65H,4-15,17-18,20-24,26-27,29-32,34,36-64H2,1-3H3/b19-16-,28-25-,35-33-. The molecule has 1 atom stereocenters. The monoisotopic (exact) mass is 1010 g/mol. The molecule has 424 valence electrons. The second-order valence-corrected chi connectivity index (χ2v) is 22.0. The van der Waals surface area contributed by atoms with Crippen LogP contribution in [0.25, 0.3) is 0 Å². The first-order valence-electron chi connectivity index (χ1n) is 32.5. The second kappa shape index (κ2) is 63.4. The topological polar surface area (TPSA) is 61.8 Å². The largest absolute Gasteiger partial charge is 0.462 e. The fourth-order valence-corrected chi connectivity index (χ4v) is 9.82. The Kier molecular flexibility index (Phi) is 61.8. The van der Waals surface area contributed by atoms with E-state index >= 15 is 0 Å². The van der Waals surface area contributed by atoms with Gasteiger partial charge in [0.05, 0.1) is 6.61 Å². The summed E-state index contributed by atoms with van der Waals surface area (Å²) in [6.45, 7) is 7.87. The summed E-state index contributed by atoms with van der Waals surface area (Å²) in [4.78, 5) is 25.6. The molecule has 0 N–H and O–H groups in total. The molecule has 0 amide bonds. The highest BCUT2D eigenvalue weighted by atomic mass is 16.6. The fourth-order valence-electron chi connectivity index (χ4n) is 9.82. The number of carbonyl (C=O) groups is 2. The Hall–Kier alpha value is -1.88. The number of unbranched alkanes of at least 4 members (excludes halogenated alkanes) is 44. The highest BCUT2D eigenvalue weighted by molar-refractivity contribution is 5.70. The van der Waals surface area contributed by atoms with E-state index in [0.29, 0.717) is 19.4 Å². The highest BCUT2D eigenvalue weighted by Crippen LogP contribution is 2.18. The van der Waals surface area contributed by atoms with Gasteiger partial charge in [-0.05, 0) is 57.8 Å². The molecule has 5 heteroatoms. The zero-order chi connectivity index (χ0) is 52.0. The van der Waals surface area contributed by atoms with E-state index in [2.05, 4.69) is 57.2 Å². The van der Waals surface area contributed by atoms with Gasteiger partial charge in [0.2, 0.25) is 0 Å². The van der Waals surface area contributed by atoms with Crippen LogP contribution < -0.4 is 0 Å². The predicted molar refractivity (Wildman–Crippen MR) is 316 cm³/mol. The summed E-state index contributed by atoms with van der Waals surface area (Å²) in [5, 5.41) is 0. The molecule has 0 spiro atoms. The van der Waals surface area contributed by atoms with Crippen molar-refractivity contribution in [2.24, 2.45) is 0 Å². The van der Waals surface area contributed by atoms with E-state index in [1.165, 1.54) is 270 Å². The number of allylic oxidation sites excluding steroid dienone is 6. The molecule has 5 nitrogen and oxygen atoms in total. The third-order valence-electron chi connectivity index (χ3n) is 14.7. The van der Waals surface area contributed by atoms with Gasteiger partial charge < -0.3 is 14.2 Å². The first-order valence-corrected chi connectivity index (χ1v) is 32.5. The first-order chi connectivity index (χ1) is 35.6. The Morgan fingerprint density at radius 1 is 0.306 bits per heavy atom. The van der Waals surface area contributed by atoms with E-state index in [1.54, 1.807) is 0 Å². The third-order valence-corrected chi connectivity index (χ3v) is 14.7. The number of hydrogen-bond donors (Lipinski definition) is 0. The molecule has 0 saturated heterocycles. The molecule has 0 aliphatic rings. The van der Waals surface area contributed by atoms with Gasteiger partial charge in [0.15, 0.2) is 6.10 Å². The lowest BCUT2D eigenvalue weighted by atomic mass is 10.0. The van der Waals surface area contributed by atoms with E-state index in [0.717, 1.165) is 51.4 Å². The van der Waals surface area contributed by atoms with Crippen LogP contribution in [0.1, 0.15) is 355 Å². The van der Waals surface area contributed by atoms with Crippen LogP contribution in [0.3, 0.4) is 0 Å². The molecule has 0 fully saturated rings. The summed E-state index contributed by atoms with van der Waals surface area (Å²) in [6, 6.07) is 0. The van der Waals surface area contributed by atoms with Gasteiger partial charge in [-0.3, -0.25) is 9.59 Å². The van der Waals surface area contributed by atoms with Gasteiger partial charge in [-0.2, -0.15) is 0 Å². The minimum absolute atomic E-state index is 0.0888. The molecule has 72 heavy (non-hydrogen) atoms. The minimum atomic E-state index is -0.537. The Morgan fingerprint density at radius 3 is 0.958 bits per heavy atom. The molecule has 0 heterocycles. The van der Waals surface area contributed by atoms with Gasteiger partial charge in [-0.1, -0.05) is 320 Å². The molecule has 0 rings (SSSR count). The van der Waals surface area contributed by atoms with Crippen LogP contribution in [-0.2, 0) is 23.8 Å². The number of rotatable bonds is 61. The second-order valence-electron chi connectivity index (χ2n) is 22.0. The van der Waals surface area contributed by atoms with Crippen LogP contribution in [0.2, 0.25) is 0 Å². The van der Waals surface area contributed by atoms with Crippen molar-refractivity contribution in [2.75, 3.05) is 19.8 Å². The van der Waals surface area contributed by atoms with Crippen LogP contribution in [0.5, 0.6) is 0 Å². The molecule has 0 radical (unpaired) electrons. The maximum absolute atomic E-state index is 12.9. The molecule has 0 saturated carbocycles. The quantitative estimate of drug-likeness (QED) is 0.0345. The Morgan fingerprint density at radius 2 is 0.583 bits per heavy atom. The van der Waals surface area contributed by atoms with Crippen molar-refractivity contribution in [1.82, 2.24) is 0 Å². The lowest BCUT2D eigenvalue weighted by molar-refractivity contribution is -0.163. The number of carbonyl (C=O) groups excluding carboxylic acids is 2. The van der Waals surface area contributed by atoms with Gasteiger partial charge in [0.25, 0.3) is 0 Å². The average Bonchev–Trinajstić information content (AvgIpc) is 3.38. The number of esters is 2. The van der Waals surface area contributed by atoms with Gasteiger partial charge in [0, 0.05) is 19.4 Å². The minimum Gasteiger partial charge on any atom is -0.462 e. The van der Waals surface area contributed by atoms with Crippen molar-refractivity contribution >= 4 is 11.9 Å². The lowest BCUT2D eigenvalue weighted by Gasteiger charge is -2.18. The number of ether oxygens (including phenoxy) is 3. The van der Waals surface area contributed by atoms with Gasteiger partial charge in [-0.25, -0.2) is 0 Å². The molecule has 1 unspecified atom stereocenters. The van der Waals surface area contributed by atoms with Crippen molar-refractivity contribution in [3.8, 4) is 0 Å². The summed E-state index contributed by atoms with van der Waals surface area (Å²) >= 11 is 0. The zero-order valence-corrected chi connectivity index (χ0v) is 49.0. The summed E-state index contributed by atoms with van der Waals surface area (Å²) in [5.41, 5.74) is 0. The van der Waals surface area contributed by atoms with Crippen LogP contribution in [0.15, 0.2) is 36.5 Å². The summed E-state index contributed by atoms with van der Waals surface area (Å²) in [5.74, 6) is -0.375. The highest BCUT2D eigenvalue weighted by Gasteiger charge is 2.18. The third kappa shape index (κ3) is 60.7. The molecule has 0 aliphatic heterocycles. The van der Waals surface area contributed by atoms with E-state index < -0.39 is 6.10 Å². The maximum Gasteiger partial charge on any atom is 0.306 e. The van der Waals surface area contributed by atoms with Gasteiger partial charge >= 0.3 is 11.9 Å². The van der Waals surface area contributed by atoms with E-state index in [9.17, 15) is 9.59 Å². The van der Waals surface area contributed by atoms with Crippen LogP contribution in [0.4, 0.5) is 0 Å². The van der Waals surface area contributed by atoms with Gasteiger partial charge in [-0.15, -0.1) is 0 Å². The molecular formula is C67H126O5. The van der Waals surface area contributed by atoms with Crippen molar-refractivity contribution in [2.45, 2.75) is 361 Å². The lowest BCUT2D eigenvalue weighted by Crippen LogP contribution is -2.30. The summed E-state index contributed by atoms with van der Waals surface area (Å²) in [7, 11) is 0. The fraction of sp³-hybridized carbons (Fsp3) is 0.881. The number of hydrogen-bond acceptors (Lipinski definition) is 5. The molecule has 0 bridgehead atoms. The van der Waals surface area contributed by atoms with Gasteiger partial charge in [0.1, 0.15) is 6.61 Å². The molecule has 0 aromatic rings. The van der Waals surface area contributed by atoms with Crippen molar-refractivity contribution in [3.05, 3.63) is 36.5 Å². The molecular weight excluding hydrogens is 885 g/mol. The molecule has 0 aromatic carbocycles. The van der Waals surface area contributed by atoms with Crippen molar-refractivity contribution < 1.29 is 23.8 Å². The Bertz CT molecular complexity index is 1140. The zero-order valence-electron chi connectivity index (χ0n) is 49.0. The molecule has 0 aromatic heterocycles. The van der Waals surface area contributed by atoms with Crippen LogP contribution in [0, 0.1) is 0 Å². The van der Waals surface area contributed by atoms with Crippen molar-refractivity contribution in [1.29, 1.82) is 0 Å².